The zero-order valence-electron chi connectivity index (χ0n) is 22.6. The Balaban J connectivity index is 1.28. The van der Waals surface area contributed by atoms with Gasteiger partial charge in [0.1, 0.15) is 11.2 Å². The van der Waals surface area contributed by atoms with Crippen LogP contribution in [0.4, 0.5) is 0 Å². The van der Waals surface area contributed by atoms with Crippen molar-refractivity contribution >= 4 is 54.5 Å². The van der Waals surface area contributed by atoms with E-state index in [0.29, 0.717) is 0 Å². The topological polar surface area (TPSA) is 38.9 Å². The van der Waals surface area contributed by atoms with Crippen molar-refractivity contribution in [2.45, 2.75) is 20.8 Å². The van der Waals surface area contributed by atoms with Crippen molar-refractivity contribution in [3.63, 3.8) is 0 Å². The van der Waals surface area contributed by atoms with Crippen LogP contribution in [0.15, 0.2) is 108 Å². The molecule has 8 rings (SSSR count). The number of furan rings is 1. The first-order valence-corrected chi connectivity index (χ1v) is 13.7. The van der Waals surface area contributed by atoms with Gasteiger partial charge in [-0.1, -0.05) is 66.7 Å². The van der Waals surface area contributed by atoms with Crippen LogP contribution < -0.4 is 0 Å². The molecular weight excluding hydrogens is 488 g/mol. The van der Waals surface area contributed by atoms with Gasteiger partial charge in [0.25, 0.3) is 0 Å². The van der Waals surface area contributed by atoms with Gasteiger partial charge in [0.05, 0.1) is 11.0 Å². The molecule has 40 heavy (non-hydrogen) atoms. The molecule has 0 aliphatic rings. The summed E-state index contributed by atoms with van der Waals surface area (Å²) in [6.07, 6.45) is 3.54. The Morgan fingerprint density at radius 3 is 1.82 bits per heavy atom. The normalized spacial score (nSPS) is 11.9. The lowest BCUT2D eigenvalue weighted by molar-refractivity contribution is 0.666. The van der Waals surface area contributed by atoms with E-state index in [1.807, 2.05) is 0 Å². The maximum absolute atomic E-state index is 6.51. The standard InChI is InChI=1S/C37H26N2O/c1-21-16-23(3)36-32(18-21)33-19-22(2)17-30(37(33)40-36)25-10-8-24(9-11-25)26-12-13-29-31(20-26)27-6-4-5-7-28(27)34-35(29)39-15-14-38-34/h4-20H,1-3H3. The minimum absolute atomic E-state index is 0.942. The SMILES string of the molecule is Cc1cc(C)c2oc3c(-c4ccc(-c5ccc6c(c5)c5ccccc5c5nccnc65)cc4)cc(C)cc3c2c1. The number of rotatable bonds is 2. The molecule has 0 radical (unpaired) electrons. The lowest BCUT2D eigenvalue weighted by atomic mass is 9.94. The van der Waals surface area contributed by atoms with E-state index in [1.54, 1.807) is 12.4 Å². The molecule has 0 bridgehead atoms. The van der Waals surface area contributed by atoms with Crippen molar-refractivity contribution in [1.82, 2.24) is 9.97 Å². The first-order valence-electron chi connectivity index (χ1n) is 13.7. The predicted molar refractivity (Wildman–Crippen MR) is 167 cm³/mol. The summed E-state index contributed by atoms with van der Waals surface area (Å²) in [4.78, 5) is 9.35. The van der Waals surface area contributed by atoms with E-state index < -0.39 is 0 Å². The van der Waals surface area contributed by atoms with E-state index in [1.165, 1.54) is 49.4 Å². The average Bonchev–Trinajstić information content (AvgIpc) is 3.35. The molecule has 6 aromatic carbocycles. The van der Waals surface area contributed by atoms with Crippen molar-refractivity contribution in [3.8, 4) is 22.3 Å². The molecule has 0 aliphatic carbocycles. The van der Waals surface area contributed by atoms with Gasteiger partial charge in [0.2, 0.25) is 0 Å². The largest absolute Gasteiger partial charge is 0.455 e. The molecule has 3 heteroatoms. The zero-order chi connectivity index (χ0) is 27.0. The molecule has 3 nitrogen and oxygen atoms in total. The van der Waals surface area contributed by atoms with Gasteiger partial charge in [-0.3, -0.25) is 9.97 Å². The van der Waals surface area contributed by atoms with Crippen LogP contribution in [0.1, 0.15) is 16.7 Å². The molecular formula is C37H26N2O. The van der Waals surface area contributed by atoms with Gasteiger partial charge in [-0.2, -0.15) is 0 Å². The summed E-state index contributed by atoms with van der Waals surface area (Å²) in [6.45, 7) is 6.43. The van der Waals surface area contributed by atoms with Crippen LogP contribution in [0, 0.1) is 20.8 Å². The molecule has 0 saturated heterocycles. The van der Waals surface area contributed by atoms with Crippen molar-refractivity contribution in [3.05, 3.63) is 120 Å². The van der Waals surface area contributed by atoms with Crippen LogP contribution in [0.5, 0.6) is 0 Å². The molecule has 2 heterocycles. The predicted octanol–water partition coefficient (Wildman–Crippen LogP) is 10.1. The van der Waals surface area contributed by atoms with E-state index in [9.17, 15) is 0 Å². The van der Waals surface area contributed by atoms with Crippen LogP contribution in [-0.2, 0) is 0 Å². The zero-order valence-corrected chi connectivity index (χ0v) is 22.6. The quantitative estimate of drug-likeness (QED) is 0.215. The Morgan fingerprint density at radius 1 is 0.475 bits per heavy atom. The lowest BCUT2D eigenvalue weighted by Gasteiger charge is -2.11. The third kappa shape index (κ3) is 3.37. The van der Waals surface area contributed by atoms with Crippen molar-refractivity contribution in [1.29, 1.82) is 0 Å². The highest BCUT2D eigenvalue weighted by atomic mass is 16.3. The number of fused-ring (bicyclic) bond motifs is 9. The van der Waals surface area contributed by atoms with Crippen LogP contribution in [0.2, 0.25) is 0 Å². The van der Waals surface area contributed by atoms with E-state index >= 15 is 0 Å². The van der Waals surface area contributed by atoms with E-state index in [-0.39, 0.29) is 0 Å². The van der Waals surface area contributed by atoms with E-state index in [2.05, 4.69) is 117 Å². The Hall–Kier alpha value is -5.02. The lowest BCUT2D eigenvalue weighted by Crippen LogP contribution is -1.89. The second-order valence-corrected chi connectivity index (χ2v) is 10.9. The summed E-state index contributed by atoms with van der Waals surface area (Å²) in [5, 5.41) is 7.01. The second kappa shape index (κ2) is 8.49. The molecule has 0 fully saturated rings. The highest BCUT2D eigenvalue weighted by molar-refractivity contribution is 6.23. The highest BCUT2D eigenvalue weighted by Crippen LogP contribution is 2.40. The van der Waals surface area contributed by atoms with Crippen LogP contribution in [0.25, 0.3) is 76.8 Å². The van der Waals surface area contributed by atoms with Gasteiger partial charge in [-0.25, -0.2) is 0 Å². The molecule has 190 valence electrons. The van der Waals surface area contributed by atoms with Crippen LogP contribution >= 0.6 is 0 Å². The molecule has 0 amide bonds. The fraction of sp³-hybridized carbons (Fsp3) is 0.0811. The minimum Gasteiger partial charge on any atom is -0.455 e. The Labute approximate surface area is 231 Å². The second-order valence-electron chi connectivity index (χ2n) is 10.9. The fourth-order valence-electron chi connectivity index (χ4n) is 6.34. The maximum atomic E-state index is 6.51. The van der Waals surface area contributed by atoms with E-state index in [4.69, 9.17) is 9.40 Å². The number of nitrogens with zero attached hydrogens (tertiary/aromatic N) is 2. The molecule has 8 aromatic rings. The minimum atomic E-state index is 0.942. The number of hydrogen-bond donors (Lipinski definition) is 0. The van der Waals surface area contributed by atoms with Crippen molar-refractivity contribution < 1.29 is 4.42 Å². The Kier molecular flexibility index (Phi) is 4.86. The Bertz CT molecular complexity index is 2260. The number of aryl methyl sites for hydroxylation is 3. The molecule has 2 aromatic heterocycles. The average molecular weight is 515 g/mol. The Morgan fingerprint density at radius 2 is 1.07 bits per heavy atom. The van der Waals surface area contributed by atoms with E-state index in [0.717, 1.165) is 44.1 Å². The smallest absolute Gasteiger partial charge is 0.143 e. The number of aromatic nitrogens is 2. The first-order chi connectivity index (χ1) is 19.5. The van der Waals surface area contributed by atoms with Gasteiger partial charge < -0.3 is 4.42 Å². The van der Waals surface area contributed by atoms with Crippen LogP contribution in [0.3, 0.4) is 0 Å². The molecule has 0 spiro atoms. The molecule has 0 unspecified atom stereocenters. The van der Waals surface area contributed by atoms with Gasteiger partial charge in [-0.05, 0) is 89.2 Å². The summed E-state index contributed by atoms with van der Waals surface area (Å²) >= 11 is 0. The van der Waals surface area contributed by atoms with Gasteiger partial charge in [0.15, 0.2) is 0 Å². The van der Waals surface area contributed by atoms with Crippen molar-refractivity contribution in [2.24, 2.45) is 0 Å². The third-order valence-electron chi connectivity index (χ3n) is 8.12. The third-order valence-corrected chi connectivity index (χ3v) is 8.12. The summed E-state index contributed by atoms with van der Waals surface area (Å²) in [7, 11) is 0. The van der Waals surface area contributed by atoms with Crippen molar-refractivity contribution in [2.75, 3.05) is 0 Å². The number of benzene rings is 6. The molecule has 0 aliphatic heterocycles. The van der Waals surface area contributed by atoms with Gasteiger partial charge in [0, 0.05) is 39.5 Å². The number of hydrogen-bond acceptors (Lipinski definition) is 3. The maximum Gasteiger partial charge on any atom is 0.143 e. The summed E-state index contributed by atoms with van der Waals surface area (Å²) in [5.74, 6) is 0. The summed E-state index contributed by atoms with van der Waals surface area (Å²) in [5.41, 5.74) is 12.1. The monoisotopic (exact) mass is 514 g/mol. The molecule has 0 N–H and O–H groups in total. The highest BCUT2D eigenvalue weighted by Gasteiger charge is 2.16. The molecule has 0 saturated carbocycles. The first kappa shape index (κ1) is 22.9. The summed E-state index contributed by atoms with van der Waals surface area (Å²) < 4.78 is 6.51. The van der Waals surface area contributed by atoms with Gasteiger partial charge >= 0.3 is 0 Å². The van der Waals surface area contributed by atoms with Gasteiger partial charge in [-0.15, -0.1) is 0 Å². The fourth-order valence-corrected chi connectivity index (χ4v) is 6.34. The van der Waals surface area contributed by atoms with Crippen LogP contribution in [-0.4, -0.2) is 9.97 Å². The summed E-state index contributed by atoms with van der Waals surface area (Å²) in [6, 6.07) is 32.9. The molecule has 0 atom stereocenters.